The molecule has 2 aromatic rings. The van der Waals surface area contributed by atoms with Gasteiger partial charge in [-0.1, -0.05) is 23.2 Å². The van der Waals surface area contributed by atoms with E-state index in [9.17, 15) is 4.39 Å². The van der Waals surface area contributed by atoms with Gasteiger partial charge in [-0.3, -0.25) is 0 Å². The normalized spacial score (nSPS) is 10.9. The van der Waals surface area contributed by atoms with Gasteiger partial charge in [-0.15, -0.1) is 11.6 Å². The van der Waals surface area contributed by atoms with Gasteiger partial charge in [0, 0.05) is 17.0 Å². The van der Waals surface area contributed by atoms with Crippen molar-refractivity contribution in [3.63, 3.8) is 0 Å². The van der Waals surface area contributed by atoms with Crippen molar-refractivity contribution in [2.75, 3.05) is 0 Å². The Bertz CT molecular complexity index is 528. The summed E-state index contributed by atoms with van der Waals surface area (Å²) in [4.78, 5) is 4.02. The van der Waals surface area contributed by atoms with Crippen LogP contribution in [-0.2, 0) is 5.88 Å². The largest absolute Gasteiger partial charge is 0.236 e. The number of rotatable bonds is 1. The average Bonchev–Trinajstić information content (AvgIpc) is 2.16. The van der Waals surface area contributed by atoms with E-state index in [0.29, 0.717) is 21.5 Å². The van der Waals surface area contributed by atoms with Crippen LogP contribution in [0.3, 0.4) is 0 Å². The molecule has 2 rings (SSSR count). The number of alkyl halides is 1. The molecule has 0 fully saturated rings. The Kier molecular flexibility index (Phi) is 3.01. The molecule has 1 aromatic carbocycles. The summed E-state index contributed by atoms with van der Waals surface area (Å²) in [5, 5.41) is 1.23. The van der Waals surface area contributed by atoms with E-state index in [1.165, 1.54) is 12.1 Å². The van der Waals surface area contributed by atoms with Gasteiger partial charge in [0.1, 0.15) is 11.0 Å². The molecule has 0 unspecified atom stereocenters. The standard InChI is InChI=1S/C10H5Cl3FN/c11-4-5-1-7-8(12)2-6(14)3-9(7)15-10(5)13/h1-3H,4H2. The van der Waals surface area contributed by atoms with Gasteiger partial charge in [0.2, 0.25) is 0 Å². The van der Waals surface area contributed by atoms with Crippen molar-refractivity contribution < 1.29 is 4.39 Å². The zero-order chi connectivity index (χ0) is 11.0. The Morgan fingerprint density at radius 2 is 1.93 bits per heavy atom. The smallest absolute Gasteiger partial charge is 0.134 e. The second-order valence-electron chi connectivity index (χ2n) is 3.03. The van der Waals surface area contributed by atoms with Crippen LogP contribution in [0.1, 0.15) is 5.56 Å². The van der Waals surface area contributed by atoms with Crippen LogP contribution in [-0.4, -0.2) is 4.98 Å². The van der Waals surface area contributed by atoms with Crippen molar-refractivity contribution in [1.82, 2.24) is 4.98 Å². The molecule has 15 heavy (non-hydrogen) atoms. The molecule has 0 spiro atoms. The van der Waals surface area contributed by atoms with Gasteiger partial charge < -0.3 is 0 Å². The summed E-state index contributed by atoms with van der Waals surface area (Å²) in [6.07, 6.45) is 0. The highest BCUT2D eigenvalue weighted by Gasteiger charge is 2.08. The molecule has 0 aliphatic carbocycles. The maximum atomic E-state index is 13.0. The lowest BCUT2D eigenvalue weighted by Gasteiger charge is -2.04. The number of halogens is 4. The molecule has 1 nitrogen and oxygen atoms in total. The fourth-order valence-electron chi connectivity index (χ4n) is 1.31. The Hall–Kier alpha value is -0.570. The van der Waals surface area contributed by atoms with E-state index in [1.807, 2.05) is 0 Å². The average molecular weight is 265 g/mol. The minimum absolute atomic E-state index is 0.246. The third-order valence-corrected chi connectivity index (χ3v) is 2.95. The Balaban J connectivity index is 2.81. The van der Waals surface area contributed by atoms with Crippen molar-refractivity contribution in [2.24, 2.45) is 0 Å². The quantitative estimate of drug-likeness (QED) is 0.549. The van der Waals surface area contributed by atoms with Crippen molar-refractivity contribution >= 4 is 45.7 Å². The molecule has 78 valence electrons. The first kappa shape index (κ1) is 10.9. The highest BCUT2D eigenvalue weighted by atomic mass is 35.5. The van der Waals surface area contributed by atoms with Gasteiger partial charge in [0.25, 0.3) is 0 Å². The summed E-state index contributed by atoms with van der Waals surface area (Å²) < 4.78 is 13.0. The van der Waals surface area contributed by atoms with E-state index < -0.39 is 5.82 Å². The minimum Gasteiger partial charge on any atom is -0.236 e. The van der Waals surface area contributed by atoms with E-state index in [-0.39, 0.29) is 11.0 Å². The number of benzene rings is 1. The SMILES string of the molecule is Fc1cc(Cl)c2cc(CCl)c(Cl)nc2c1. The molecular formula is C10H5Cl3FN. The highest BCUT2D eigenvalue weighted by molar-refractivity contribution is 6.36. The second-order valence-corrected chi connectivity index (χ2v) is 4.06. The van der Waals surface area contributed by atoms with E-state index >= 15 is 0 Å². The molecule has 0 radical (unpaired) electrons. The number of hydrogen-bond donors (Lipinski definition) is 0. The monoisotopic (exact) mass is 263 g/mol. The molecule has 0 N–H and O–H groups in total. The second kappa shape index (κ2) is 4.12. The van der Waals surface area contributed by atoms with Gasteiger partial charge in [-0.2, -0.15) is 0 Å². The fourth-order valence-corrected chi connectivity index (χ4v) is 2.05. The van der Waals surface area contributed by atoms with Crippen LogP contribution >= 0.6 is 34.8 Å². The van der Waals surface area contributed by atoms with Crippen LogP contribution in [0.25, 0.3) is 10.9 Å². The van der Waals surface area contributed by atoms with Gasteiger partial charge in [-0.25, -0.2) is 9.37 Å². The van der Waals surface area contributed by atoms with Gasteiger partial charge in [0.05, 0.1) is 16.4 Å². The summed E-state index contributed by atoms with van der Waals surface area (Å²) in [5.41, 5.74) is 1.11. The van der Waals surface area contributed by atoms with E-state index in [4.69, 9.17) is 34.8 Å². The number of pyridine rings is 1. The Labute approximate surface area is 101 Å². The predicted octanol–water partition coefficient (Wildman–Crippen LogP) is 4.42. The van der Waals surface area contributed by atoms with Crippen LogP contribution in [0, 0.1) is 5.82 Å². The Morgan fingerprint density at radius 3 is 2.60 bits per heavy atom. The summed E-state index contributed by atoms with van der Waals surface area (Å²) in [6.45, 7) is 0. The van der Waals surface area contributed by atoms with Crippen molar-refractivity contribution in [2.45, 2.75) is 5.88 Å². The molecule has 0 saturated heterocycles. The van der Waals surface area contributed by atoms with E-state index in [1.54, 1.807) is 6.07 Å². The molecule has 0 aliphatic heterocycles. The Morgan fingerprint density at radius 1 is 1.20 bits per heavy atom. The topological polar surface area (TPSA) is 12.9 Å². The van der Waals surface area contributed by atoms with E-state index in [0.717, 1.165) is 0 Å². The molecule has 0 amide bonds. The van der Waals surface area contributed by atoms with Crippen molar-refractivity contribution in [3.05, 3.63) is 39.8 Å². The molecule has 1 heterocycles. The lowest BCUT2D eigenvalue weighted by Crippen LogP contribution is -1.89. The van der Waals surface area contributed by atoms with Gasteiger partial charge in [0.15, 0.2) is 0 Å². The van der Waals surface area contributed by atoms with Crippen LogP contribution < -0.4 is 0 Å². The van der Waals surface area contributed by atoms with Crippen molar-refractivity contribution in [1.29, 1.82) is 0 Å². The first-order valence-corrected chi connectivity index (χ1v) is 5.41. The number of hydrogen-bond acceptors (Lipinski definition) is 1. The van der Waals surface area contributed by atoms with Gasteiger partial charge in [-0.05, 0) is 12.1 Å². The maximum absolute atomic E-state index is 13.0. The molecular weight excluding hydrogens is 259 g/mol. The molecule has 1 aromatic heterocycles. The van der Waals surface area contributed by atoms with Crippen molar-refractivity contribution in [3.8, 4) is 0 Å². The van der Waals surface area contributed by atoms with Crippen LogP contribution in [0.2, 0.25) is 10.2 Å². The molecule has 0 saturated carbocycles. The minimum atomic E-state index is -0.435. The zero-order valence-corrected chi connectivity index (χ0v) is 9.67. The lowest BCUT2D eigenvalue weighted by atomic mass is 10.2. The van der Waals surface area contributed by atoms with Gasteiger partial charge >= 0.3 is 0 Å². The first-order valence-electron chi connectivity index (χ1n) is 4.12. The summed E-state index contributed by atoms with van der Waals surface area (Å²) in [7, 11) is 0. The molecule has 0 aliphatic rings. The number of fused-ring (bicyclic) bond motifs is 1. The predicted molar refractivity (Wildman–Crippen MR) is 61.3 cm³/mol. The van der Waals surface area contributed by atoms with Crippen LogP contribution in [0.15, 0.2) is 18.2 Å². The molecule has 0 bridgehead atoms. The first-order chi connectivity index (χ1) is 7.11. The third-order valence-electron chi connectivity index (χ3n) is 2.02. The van der Waals surface area contributed by atoms with Crippen LogP contribution in [0.4, 0.5) is 4.39 Å². The lowest BCUT2D eigenvalue weighted by molar-refractivity contribution is 0.629. The molecule has 5 heteroatoms. The van der Waals surface area contributed by atoms with E-state index in [2.05, 4.69) is 4.98 Å². The number of nitrogens with zero attached hydrogens (tertiary/aromatic N) is 1. The summed E-state index contributed by atoms with van der Waals surface area (Å²) in [6, 6.07) is 4.24. The summed E-state index contributed by atoms with van der Waals surface area (Å²) in [5.74, 6) is -0.190. The zero-order valence-electron chi connectivity index (χ0n) is 7.40. The van der Waals surface area contributed by atoms with Crippen LogP contribution in [0.5, 0.6) is 0 Å². The fraction of sp³-hybridized carbons (Fsp3) is 0.100. The summed E-state index contributed by atoms with van der Waals surface area (Å²) >= 11 is 17.4. The highest BCUT2D eigenvalue weighted by Crippen LogP contribution is 2.28. The number of aromatic nitrogens is 1. The maximum Gasteiger partial charge on any atom is 0.134 e. The molecule has 0 atom stereocenters. The third kappa shape index (κ3) is 2.03.